The zero-order valence-electron chi connectivity index (χ0n) is 14.2. The SMILES string of the molecule is COC(=O)/C=C/C(=O)NCC(c1nnc2ccc(C)nn12)C(C)C. The van der Waals surface area contributed by atoms with Crippen LogP contribution < -0.4 is 5.32 Å². The molecule has 0 aliphatic heterocycles. The first kappa shape index (κ1) is 17.6. The highest BCUT2D eigenvalue weighted by atomic mass is 16.5. The van der Waals surface area contributed by atoms with Gasteiger partial charge in [-0.3, -0.25) is 4.79 Å². The molecule has 2 aromatic heterocycles. The van der Waals surface area contributed by atoms with E-state index in [2.05, 4.69) is 25.3 Å². The van der Waals surface area contributed by atoms with Gasteiger partial charge in [-0.15, -0.1) is 10.2 Å². The summed E-state index contributed by atoms with van der Waals surface area (Å²) < 4.78 is 6.15. The number of carbonyl (C=O) groups is 2. The molecule has 1 atom stereocenters. The van der Waals surface area contributed by atoms with E-state index >= 15 is 0 Å². The van der Waals surface area contributed by atoms with Crippen LogP contribution in [0.25, 0.3) is 5.65 Å². The van der Waals surface area contributed by atoms with Gasteiger partial charge in [0.2, 0.25) is 5.91 Å². The molecular formula is C16H21N5O3. The summed E-state index contributed by atoms with van der Waals surface area (Å²) in [5, 5.41) is 15.6. The minimum atomic E-state index is -0.575. The van der Waals surface area contributed by atoms with Crippen LogP contribution in [0.4, 0.5) is 0 Å². The van der Waals surface area contributed by atoms with Gasteiger partial charge in [0.15, 0.2) is 11.5 Å². The molecule has 8 nitrogen and oxygen atoms in total. The van der Waals surface area contributed by atoms with E-state index in [9.17, 15) is 9.59 Å². The number of rotatable bonds is 6. The van der Waals surface area contributed by atoms with Crippen LogP contribution in [0.1, 0.15) is 31.3 Å². The Bertz CT molecular complexity index is 766. The molecule has 1 amide bonds. The molecule has 0 fully saturated rings. The van der Waals surface area contributed by atoms with Crippen molar-refractivity contribution in [1.82, 2.24) is 25.1 Å². The number of amides is 1. The Hall–Kier alpha value is -2.77. The average molecular weight is 331 g/mol. The monoisotopic (exact) mass is 331 g/mol. The zero-order valence-corrected chi connectivity index (χ0v) is 14.2. The molecule has 0 bridgehead atoms. The fourth-order valence-electron chi connectivity index (χ4n) is 2.23. The van der Waals surface area contributed by atoms with E-state index in [4.69, 9.17) is 0 Å². The van der Waals surface area contributed by atoms with Crippen LogP contribution in [0.2, 0.25) is 0 Å². The van der Waals surface area contributed by atoms with Gasteiger partial charge in [0.1, 0.15) is 0 Å². The van der Waals surface area contributed by atoms with E-state index in [0.29, 0.717) is 18.0 Å². The summed E-state index contributed by atoms with van der Waals surface area (Å²) in [4.78, 5) is 22.8. The summed E-state index contributed by atoms with van der Waals surface area (Å²) in [5.74, 6) is -0.104. The second-order valence-corrected chi connectivity index (χ2v) is 5.76. The Kier molecular flexibility index (Phi) is 5.62. The van der Waals surface area contributed by atoms with Crippen molar-refractivity contribution in [2.45, 2.75) is 26.7 Å². The van der Waals surface area contributed by atoms with Crippen molar-refractivity contribution in [3.8, 4) is 0 Å². The van der Waals surface area contributed by atoms with Gasteiger partial charge in [-0.1, -0.05) is 13.8 Å². The first-order chi connectivity index (χ1) is 11.4. The molecule has 0 radical (unpaired) electrons. The smallest absolute Gasteiger partial charge is 0.330 e. The van der Waals surface area contributed by atoms with Gasteiger partial charge in [0, 0.05) is 24.6 Å². The van der Waals surface area contributed by atoms with Gasteiger partial charge < -0.3 is 10.1 Å². The third kappa shape index (κ3) is 4.15. The third-order valence-electron chi connectivity index (χ3n) is 3.62. The molecule has 24 heavy (non-hydrogen) atoms. The lowest BCUT2D eigenvalue weighted by atomic mass is 9.95. The predicted octanol–water partition coefficient (Wildman–Crippen LogP) is 1.02. The van der Waals surface area contributed by atoms with E-state index in [1.807, 2.05) is 32.9 Å². The van der Waals surface area contributed by atoms with Gasteiger partial charge in [-0.25, -0.2) is 4.79 Å². The van der Waals surface area contributed by atoms with Crippen LogP contribution in [0.5, 0.6) is 0 Å². The number of carbonyl (C=O) groups excluding carboxylic acids is 2. The molecule has 0 saturated carbocycles. The Morgan fingerprint density at radius 2 is 2.04 bits per heavy atom. The second kappa shape index (κ2) is 7.67. The molecule has 0 saturated heterocycles. The number of aryl methyl sites for hydroxylation is 1. The lowest BCUT2D eigenvalue weighted by molar-refractivity contribution is -0.135. The molecule has 8 heteroatoms. The maximum Gasteiger partial charge on any atom is 0.330 e. The Labute approximate surface area is 139 Å². The number of fused-ring (bicyclic) bond motifs is 1. The van der Waals surface area contributed by atoms with Crippen molar-refractivity contribution < 1.29 is 14.3 Å². The third-order valence-corrected chi connectivity index (χ3v) is 3.62. The molecule has 2 aromatic rings. The normalized spacial score (nSPS) is 12.7. The molecule has 2 heterocycles. The fraction of sp³-hybridized carbons (Fsp3) is 0.438. The number of nitrogens with zero attached hydrogens (tertiary/aromatic N) is 4. The molecule has 2 rings (SSSR count). The number of methoxy groups -OCH3 is 1. The van der Waals surface area contributed by atoms with Crippen LogP contribution in [0.3, 0.4) is 0 Å². The van der Waals surface area contributed by atoms with Crippen molar-refractivity contribution in [3.63, 3.8) is 0 Å². The summed E-state index contributed by atoms with van der Waals surface area (Å²) in [5.41, 5.74) is 1.52. The molecule has 0 aromatic carbocycles. The molecular weight excluding hydrogens is 310 g/mol. The van der Waals surface area contributed by atoms with Crippen LogP contribution in [0.15, 0.2) is 24.3 Å². The maximum absolute atomic E-state index is 11.8. The average Bonchev–Trinajstić information content (AvgIpc) is 2.95. The van der Waals surface area contributed by atoms with Gasteiger partial charge in [0.05, 0.1) is 12.8 Å². The van der Waals surface area contributed by atoms with Crippen LogP contribution in [0, 0.1) is 12.8 Å². The van der Waals surface area contributed by atoms with Gasteiger partial charge in [-0.2, -0.15) is 9.61 Å². The quantitative estimate of drug-likeness (QED) is 0.627. The van der Waals surface area contributed by atoms with Crippen molar-refractivity contribution in [1.29, 1.82) is 0 Å². The summed E-state index contributed by atoms with van der Waals surface area (Å²) in [6.07, 6.45) is 2.23. The molecule has 0 aliphatic rings. The zero-order chi connectivity index (χ0) is 17.7. The summed E-state index contributed by atoms with van der Waals surface area (Å²) in [6.45, 7) is 6.33. The number of esters is 1. The summed E-state index contributed by atoms with van der Waals surface area (Å²) in [7, 11) is 1.25. The van der Waals surface area contributed by atoms with E-state index in [1.165, 1.54) is 7.11 Å². The molecule has 0 spiro atoms. The summed E-state index contributed by atoms with van der Waals surface area (Å²) >= 11 is 0. The number of nitrogens with one attached hydrogen (secondary N) is 1. The highest BCUT2D eigenvalue weighted by molar-refractivity contribution is 5.94. The van der Waals surface area contributed by atoms with Crippen LogP contribution in [-0.2, 0) is 14.3 Å². The van der Waals surface area contributed by atoms with Gasteiger partial charge in [-0.05, 0) is 25.0 Å². The molecule has 0 aliphatic carbocycles. The van der Waals surface area contributed by atoms with E-state index < -0.39 is 5.97 Å². The van der Waals surface area contributed by atoms with Crippen molar-refractivity contribution in [2.75, 3.05) is 13.7 Å². The predicted molar refractivity (Wildman–Crippen MR) is 87.3 cm³/mol. The fourth-order valence-corrected chi connectivity index (χ4v) is 2.23. The lowest BCUT2D eigenvalue weighted by Gasteiger charge is -2.19. The van der Waals surface area contributed by atoms with Gasteiger partial charge >= 0.3 is 5.97 Å². The Morgan fingerprint density at radius 1 is 1.29 bits per heavy atom. The van der Waals surface area contributed by atoms with Crippen LogP contribution >= 0.6 is 0 Å². The van der Waals surface area contributed by atoms with E-state index in [1.54, 1.807) is 4.52 Å². The number of hydrogen-bond donors (Lipinski definition) is 1. The Morgan fingerprint density at radius 3 is 2.71 bits per heavy atom. The number of ether oxygens (including phenoxy) is 1. The number of hydrogen-bond acceptors (Lipinski definition) is 6. The van der Waals surface area contributed by atoms with Crippen LogP contribution in [-0.4, -0.2) is 45.3 Å². The lowest BCUT2D eigenvalue weighted by Crippen LogP contribution is -2.30. The van der Waals surface area contributed by atoms with Crippen molar-refractivity contribution in [2.24, 2.45) is 5.92 Å². The highest BCUT2D eigenvalue weighted by Crippen LogP contribution is 2.22. The van der Waals surface area contributed by atoms with E-state index in [-0.39, 0.29) is 17.7 Å². The first-order valence-electron chi connectivity index (χ1n) is 7.65. The Balaban J connectivity index is 2.14. The van der Waals surface area contributed by atoms with Gasteiger partial charge in [0.25, 0.3) is 0 Å². The highest BCUT2D eigenvalue weighted by Gasteiger charge is 2.23. The summed E-state index contributed by atoms with van der Waals surface area (Å²) in [6, 6.07) is 3.73. The number of aromatic nitrogens is 4. The second-order valence-electron chi connectivity index (χ2n) is 5.76. The maximum atomic E-state index is 11.8. The van der Waals surface area contributed by atoms with Crippen molar-refractivity contribution in [3.05, 3.63) is 35.8 Å². The minimum absolute atomic E-state index is 0.0650. The van der Waals surface area contributed by atoms with E-state index in [0.717, 1.165) is 17.8 Å². The minimum Gasteiger partial charge on any atom is -0.466 e. The molecule has 1 N–H and O–H groups in total. The molecule has 128 valence electrons. The van der Waals surface area contributed by atoms with Crippen molar-refractivity contribution >= 4 is 17.5 Å². The largest absolute Gasteiger partial charge is 0.466 e. The first-order valence-corrected chi connectivity index (χ1v) is 7.65. The topological polar surface area (TPSA) is 98.5 Å². The molecule has 1 unspecified atom stereocenters. The standard InChI is InChI=1S/C16H21N5O3/c1-10(2)12(9-17-14(22)7-8-15(23)24-4)16-19-18-13-6-5-11(3)20-21(13)16/h5-8,10,12H,9H2,1-4H3,(H,17,22)/b8-7+.